The molecular formula is C11H8N2S2. The third-order valence-electron chi connectivity index (χ3n) is 2.12. The van der Waals surface area contributed by atoms with Gasteiger partial charge >= 0.3 is 0 Å². The zero-order valence-corrected chi connectivity index (χ0v) is 9.52. The fourth-order valence-electron chi connectivity index (χ4n) is 1.47. The summed E-state index contributed by atoms with van der Waals surface area (Å²) in [5.74, 6) is 0. The predicted octanol–water partition coefficient (Wildman–Crippen LogP) is 3.34. The van der Waals surface area contributed by atoms with Crippen LogP contribution in [0.4, 0.5) is 0 Å². The lowest BCUT2D eigenvalue weighted by molar-refractivity contribution is 1.11. The maximum absolute atomic E-state index is 4.57. The van der Waals surface area contributed by atoms with E-state index < -0.39 is 0 Å². The number of nitrogens with zero attached hydrogens (tertiary/aromatic N) is 2. The molecule has 0 unspecified atom stereocenters. The van der Waals surface area contributed by atoms with E-state index in [9.17, 15) is 0 Å². The summed E-state index contributed by atoms with van der Waals surface area (Å²) in [7, 11) is 0. The van der Waals surface area contributed by atoms with E-state index in [4.69, 9.17) is 0 Å². The van der Waals surface area contributed by atoms with Gasteiger partial charge in [0.1, 0.15) is 5.01 Å². The van der Waals surface area contributed by atoms with Crippen molar-refractivity contribution in [2.75, 3.05) is 0 Å². The first-order valence-electron chi connectivity index (χ1n) is 4.64. The molecule has 0 bridgehead atoms. The predicted molar refractivity (Wildman–Crippen MR) is 64.5 cm³/mol. The molecule has 4 heteroatoms. The van der Waals surface area contributed by atoms with E-state index in [-0.39, 0.29) is 0 Å². The molecule has 3 aromatic rings. The van der Waals surface area contributed by atoms with Crippen LogP contribution in [-0.2, 0) is 6.42 Å². The second-order valence-corrected chi connectivity index (χ2v) is 5.27. The van der Waals surface area contributed by atoms with Crippen LogP contribution in [0.15, 0.2) is 35.8 Å². The number of hydrogen-bond donors (Lipinski definition) is 0. The Balaban J connectivity index is 1.98. The van der Waals surface area contributed by atoms with Gasteiger partial charge < -0.3 is 0 Å². The normalized spacial score (nSPS) is 10.9. The molecule has 3 rings (SSSR count). The van der Waals surface area contributed by atoms with Crippen LogP contribution < -0.4 is 0 Å². The Labute approximate surface area is 95.3 Å². The first-order chi connectivity index (χ1) is 7.42. The van der Waals surface area contributed by atoms with E-state index in [0.717, 1.165) is 22.0 Å². The van der Waals surface area contributed by atoms with Gasteiger partial charge in [0.2, 0.25) is 0 Å². The number of para-hydroxylation sites is 1. The van der Waals surface area contributed by atoms with Crippen molar-refractivity contribution in [3.05, 3.63) is 45.9 Å². The molecule has 0 atom stereocenters. The maximum Gasteiger partial charge on any atom is 0.101 e. The molecule has 0 saturated carbocycles. The number of aromatic nitrogens is 2. The third kappa shape index (κ3) is 1.78. The van der Waals surface area contributed by atoms with Gasteiger partial charge in [0.15, 0.2) is 0 Å². The highest BCUT2D eigenvalue weighted by Crippen LogP contribution is 2.23. The average Bonchev–Trinajstić information content (AvgIpc) is 2.86. The van der Waals surface area contributed by atoms with E-state index in [2.05, 4.69) is 22.1 Å². The number of hydrogen-bond acceptors (Lipinski definition) is 4. The van der Waals surface area contributed by atoms with E-state index >= 15 is 0 Å². The molecule has 0 radical (unpaired) electrons. The molecule has 0 saturated heterocycles. The summed E-state index contributed by atoms with van der Waals surface area (Å²) < 4.78 is 1.25. The molecule has 74 valence electrons. The van der Waals surface area contributed by atoms with Gasteiger partial charge in [0.05, 0.1) is 21.6 Å². The van der Waals surface area contributed by atoms with Crippen LogP contribution in [0, 0.1) is 0 Å². The van der Waals surface area contributed by atoms with Gasteiger partial charge in [-0.1, -0.05) is 12.1 Å². The molecule has 0 aliphatic carbocycles. The monoisotopic (exact) mass is 232 g/mol. The molecule has 15 heavy (non-hydrogen) atoms. The van der Waals surface area contributed by atoms with Gasteiger partial charge in [-0.2, -0.15) is 0 Å². The largest absolute Gasteiger partial charge is 0.249 e. The minimum Gasteiger partial charge on any atom is -0.249 e. The van der Waals surface area contributed by atoms with Crippen LogP contribution in [0.25, 0.3) is 10.2 Å². The minimum absolute atomic E-state index is 0.858. The third-order valence-corrected chi connectivity index (χ3v) is 3.94. The zero-order chi connectivity index (χ0) is 10.1. The maximum atomic E-state index is 4.57. The summed E-state index contributed by atoms with van der Waals surface area (Å²) in [4.78, 5) is 8.84. The number of fused-ring (bicyclic) bond motifs is 1. The quantitative estimate of drug-likeness (QED) is 0.677. The fraction of sp³-hybridized carbons (Fsp3) is 0.0909. The lowest BCUT2D eigenvalue weighted by atomic mass is 10.3. The lowest BCUT2D eigenvalue weighted by Gasteiger charge is -1.87. The topological polar surface area (TPSA) is 25.8 Å². The van der Waals surface area contributed by atoms with Gasteiger partial charge in [-0.05, 0) is 12.1 Å². The molecule has 0 amide bonds. The standard InChI is InChI=1S/C11H8N2S2/c1-2-4-9-8(3-1)13-11(15-9)7-10-12-5-6-14-10/h1-6H,7H2. The van der Waals surface area contributed by atoms with Gasteiger partial charge in [-0.25, -0.2) is 9.97 Å². The molecule has 0 N–H and O–H groups in total. The summed E-state index contributed by atoms with van der Waals surface area (Å²) in [6.45, 7) is 0. The molecule has 2 heterocycles. The fourth-order valence-corrected chi connectivity index (χ4v) is 3.15. The van der Waals surface area contributed by atoms with Crippen molar-refractivity contribution in [1.82, 2.24) is 9.97 Å². The molecule has 2 nitrogen and oxygen atoms in total. The number of thiazole rings is 2. The summed E-state index contributed by atoms with van der Waals surface area (Å²) >= 11 is 3.43. The van der Waals surface area contributed by atoms with Gasteiger partial charge in [0, 0.05) is 11.6 Å². The highest BCUT2D eigenvalue weighted by Gasteiger charge is 2.05. The SMILES string of the molecule is c1ccc2sc(Cc3nccs3)nc2c1. The highest BCUT2D eigenvalue weighted by molar-refractivity contribution is 7.18. The molecule has 1 aromatic carbocycles. The Morgan fingerprint density at radius 1 is 1.13 bits per heavy atom. The van der Waals surface area contributed by atoms with Crippen LogP contribution in [-0.4, -0.2) is 9.97 Å². The van der Waals surface area contributed by atoms with Crippen molar-refractivity contribution >= 4 is 32.9 Å². The van der Waals surface area contributed by atoms with E-state index in [1.165, 1.54) is 4.70 Å². The summed E-state index contributed by atoms with van der Waals surface area (Å²) in [6.07, 6.45) is 2.70. The second kappa shape index (κ2) is 3.72. The Morgan fingerprint density at radius 2 is 2.07 bits per heavy atom. The Morgan fingerprint density at radius 3 is 2.87 bits per heavy atom. The summed E-state index contributed by atoms with van der Waals surface area (Å²) in [5.41, 5.74) is 1.09. The van der Waals surface area contributed by atoms with Gasteiger partial charge in [0.25, 0.3) is 0 Å². The van der Waals surface area contributed by atoms with Gasteiger partial charge in [-0.15, -0.1) is 22.7 Å². The molecular weight excluding hydrogens is 224 g/mol. The smallest absolute Gasteiger partial charge is 0.101 e. The molecule has 0 aliphatic rings. The molecule has 0 spiro atoms. The second-order valence-electron chi connectivity index (χ2n) is 3.18. The van der Waals surface area contributed by atoms with Gasteiger partial charge in [-0.3, -0.25) is 0 Å². The Bertz CT molecular complexity index is 536. The van der Waals surface area contributed by atoms with Crippen LogP contribution in [0.3, 0.4) is 0 Å². The summed E-state index contributed by atoms with van der Waals surface area (Å²) in [5, 5.41) is 4.28. The molecule has 0 fully saturated rings. The Hall–Kier alpha value is -1.26. The average molecular weight is 232 g/mol. The van der Waals surface area contributed by atoms with Crippen molar-refractivity contribution in [2.24, 2.45) is 0 Å². The van der Waals surface area contributed by atoms with E-state index in [0.29, 0.717) is 0 Å². The van der Waals surface area contributed by atoms with Crippen LogP contribution in [0.5, 0.6) is 0 Å². The van der Waals surface area contributed by atoms with Crippen molar-refractivity contribution < 1.29 is 0 Å². The van der Waals surface area contributed by atoms with Crippen LogP contribution in [0.1, 0.15) is 10.0 Å². The molecule has 2 aromatic heterocycles. The summed E-state index contributed by atoms with van der Waals surface area (Å²) in [6, 6.07) is 8.23. The van der Waals surface area contributed by atoms with Crippen molar-refractivity contribution in [3.63, 3.8) is 0 Å². The van der Waals surface area contributed by atoms with E-state index in [1.807, 2.05) is 23.7 Å². The number of rotatable bonds is 2. The highest BCUT2D eigenvalue weighted by atomic mass is 32.1. The van der Waals surface area contributed by atoms with Crippen molar-refractivity contribution in [3.8, 4) is 0 Å². The number of benzene rings is 1. The lowest BCUT2D eigenvalue weighted by Crippen LogP contribution is -1.84. The molecule has 0 aliphatic heterocycles. The zero-order valence-electron chi connectivity index (χ0n) is 7.88. The van der Waals surface area contributed by atoms with Crippen molar-refractivity contribution in [1.29, 1.82) is 0 Å². The van der Waals surface area contributed by atoms with E-state index in [1.54, 1.807) is 22.7 Å². The first-order valence-corrected chi connectivity index (χ1v) is 6.34. The van der Waals surface area contributed by atoms with Crippen LogP contribution in [0.2, 0.25) is 0 Å². The van der Waals surface area contributed by atoms with Crippen molar-refractivity contribution in [2.45, 2.75) is 6.42 Å². The minimum atomic E-state index is 0.858. The first kappa shape index (κ1) is 9.00. The van der Waals surface area contributed by atoms with Crippen LogP contribution >= 0.6 is 22.7 Å². The Kier molecular flexibility index (Phi) is 2.23.